The zero-order valence-electron chi connectivity index (χ0n) is 12.8. The minimum Gasteiger partial charge on any atom is -0.370 e. The average Bonchev–Trinajstić information content (AvgIpc) is 3.14. The van der Waals surface area contributed by atoms with Crippen LogP contribution in [0.5, 0.6) is 0 Å². The molecule has 1 unspecified atom stereocenters. The van der Waals surface area contributed by atoms with Gasteiger partial charge in [0.15, 0.2) is 0 Å². The Hall–Kier alpha value is -0.870. The summed E-state index contributed by atoms with van der Waals surface area (Å²) >= 11 is 0. The number of nitrogens with zero attached hydrogens (tertiary/aromatic N) is 2. The van der Waals surface area contributed by atoms with Crippen LogP contribution >= 0.6 is 0 Å². The van der Waals surface area contributed by atoms with E-state index in [-0.39, 0.29) is 5.60 Å². The van der Waals surface area contributed by atoms with E-state index in [2.05, 4.69) is 28.7 Å². The molecule has 0 aromatic carbocycles. The van der Waals surface area contributed by atoms with Crippen molar-refractivity contribution in [2.24, 2.45) is 0 Å². The van der Waals surface area contributed by atoms with Crippen LogP contribution in [-0.4, -0.2) is 27.8 Å². The van der Waals surface area contributed by atoms with Crippen molar-refractivity contribution in [1.82, 2.24) is 14.9 Å². The third-order valence-electron chi connectivity index (χ3n) is 4.93. The van der Waals surface area contributed by atoms with Crippen molar-refractivity contribution in [2.45, 2.75) is 77.2 Å². The number of hydrogen-bond donors (Lipinski definition) is 1. The Morgan fingerprint density at radius 1 is 1.40 bits per heavy atom. The summed E-state index contributed by atoms with van der Waals surface area (Å²) in [7, 11) is 0. The van der Waals surface area contributed by atoms with Crippen molar-refractivity contribution in [3.63, 3.8) is 0 Å². The maximum Gasteiger partial charge on any atom is 0.105 e. The zero-order valence-corrected chi connectivity index (χ0v) is 12.8. The van der Waals surface area contributed by atoms with Crippen molar-refractivity contribution in [3.8, 4) is 0 Å². The summed E-state index contributed by atoms with van der Waals surface area (Å²) in [6, 6.07) is 0. The number of imidazole rings is 1. The number of hydrogen-bond acceptors (Lipinski definition) is 3. The van der Waals surface area contributed by atoms with E-state index in [0.717, 1.165) is 25.5 Å². The predicted octanol–water partition coefficient (Wildman–Crippen LogP) is 2.79. The molecule has 1 aliphatic carbocycles. The van der Waals surface area contributed by atoms with Gasteiger partial charge < -0.3 is 14.6 Å². The maximum atomic E-state index is 6.43. The Balaban J connectivity index is 1.64. The molecule has 1 N–H and O–H groups in total. The molecule has 1 saturated heterocycles. The van der Waals surface area contributed by atoms with Gasteiger partial charge >= 0.3 is 0 Å². The Morgan fingerprint density at radius 2 is 2.20 bits per heavy atom. The fourth-order valence-corrected chi connectivity index (χ4v) is 3.77. The summed E-state index contributed by atoms with van der Waals surface area (Å²) in [5, 5.41) is 3.39. The minimum absolute atomic E-state index is 0.237. The minimum atomic E-state index is 0.237. The molecule has 2 aliphatic rings. The van der Waals surface area contributed by atoms with Gasteiger partial charge in [-0.1, -0.05) is 19.8 Å². The highest BCUT2D eigenvalue weighted by Crippen LogP contribution is 2.43. The van der Waals surface area contributed by atoms with E-state index in [1.165, 1.54) is 44.2 Å². The summed E-state index contributed by atoms with van der Waals surface area (Å²) in [6.45, 7) is 7.09. The molecule has 20 heavy (non-hydrogen) atoms. The number of nitrogens with one attached hydrogen (secondary N) is 1. The molecule has 0 bridgehead atoms. The molecular weight excluding hydrogens is 250 g/mol. The van der Waals surface area contributed by atoms with Gasteiger partial charge in [0.1, 0.15) is 5.82 Å². The normalized spacial score (nSPS) is 24.8. The molecule has 3 rings (SSSR count). The highest BCUT2D eigenvalue weighted by atomic mass is 16.5. The van der Waals surface area contributed by atoms with Crippen LogP contribution in [0.4, 0.5) is 0 Å². The van der Waals surface area contributed by atoms with Gasteiger partial charge in [0.2, 0.25) is 0 Å². The van der Waals surface area contributed by atoms with Gasteiger partial charge in [-0.3, -0.25) is 0 Å². The first kappa shape index (κ1) is 14.1. The molecule has 2 heterocycles. The van der Waals surface area contributed by atoms with E-state index in [9.17, 15) is 0 Å². The third kappa shape index (κ3) is 2.77. The molecule has 4 nitrogen and oxygen atoms in total. The quantitative estimate of drug-likeness (QED) is 0.899. The number of rotatable bonds is 5. The molecule has 4 heteroatoms. The summed E-state index contributed by atoms with van der Waals surface area (Å²) in [5.74, 6) is 1.11. The molecule has 1 saturated carbocycles. The second-order valence-electron chi connectivity index (χ2n) is 6.36. The van der Waals surface area contributed by atoms with Crippen LogP contribution in [0.3, 0.4) is 0 Å². The number of aromatic nitrogens is 2. The van der Waals surface area contributed by atoms with Crippen LogP contribution < -0.4 is 5.32 Å². The molecular formula is C16H27N3O. The smallest absolute Gasteiger partial charge is 0.105 e. The molecule has 0 amide bonds. The first-order valence-corrected chi connectivity index (χ1v) is 8.12. The maximum absolute atomic E-state index is 6.43. The Kier molecular flexibility index (Phi) is 4.13. The molecule has 1 atom stereocenters. The number of ether oxygens (including phenoxy) is 1. The number of aryl methyl sites for hydroxylation is 1. The van der Waals surface area contributed by atoms with Crippen molar-refractivity contribution < 1.29 is 4.74 Å². The van der Waals surface area contributed by atoms with Crippen LogP contribution in [0, 0.1) is 6.92 Å². The fourth-order valence-electron chi connectivity index (χ4n) is 3.77. The zero-order chi connectivity index (χ0) is 14.0. The van der Waals surface area contributed by atoms with Crippen molar-refractivity contribution >= 4 is 0 Å². The van der Waals surface area contributed by atoms with Crippen LogP contribution in [0.1, 0.15) is 57.0 Å². The van der Waals surface area contributed by atoms with Crippen LogP contribution in [0.2, 0.25) is 0 Å². The highest BCUT2D eigenvalue weighted by molar-refractivity contribution is 5.05. The van der Waals surface area contributed by atoms with Crippen LogP contribution in [-0.2, 0) is 17.8 Å². The molecule has 112 valence electrons. The van der Waals surface area contributed by atoms with Gasteiger partial charge in [0, 0.05) is 12.7 Å². The van der Waals surface area contributed by atoms with E-state index in [1.54, 1.807) is 0 Å². The van der Waals surface area contributed by atoms with Gasteiger partial charge in [0.25, 0.3) is 0 Å². The van der Waals surface area contributed by atoms with E-state index >= 15 is 0 Å². The van der Waals surface area contributed by atoms with Gasteiger partial charge in [-0.15, -0.1) is 0 Å². The molecule has 1 spiro atoms. The third-order valence-corrected chi connectivity index (χ3v) is 4.93. The lowest BCUT2D eigenvalue weighted by Crippen LogP contribution is -2.27. The lowest BCUT2D eigenvalue weighted by molar-refractivity contribution is -0.0422. The molecule has 1 aromatic rings. The van der Waals surface area contributed by atoms with Crippen molar-refractivity contribution in [1.29, 1.82) is 0 Å². The van der Waals surface area contributed by atoms with Crippen molar-refractivity contribution in [3.05, 3.63) is 17.7 Å². The standard InChI is InChI=1S/C16H27N3O/c1-3-17-10-14-11-18-13(2)19(14)12-15-6-9-16(20-15)7-4-5-8-16/h11,15,17H,3-10,12H2,1-2H3. The van der Waals surface area contributed by atoms with Gasteiger partial charge in [-0.25, -0.2) is 4.98 Å². The Labute approximate surface area is 121 Å². The van der Waals surface area contributed by atoms with Gasteiger partial charge in [-0.05, 0) is 39.2 Å². The predicted molar refractivity (Wildman–Crippen MR) is 79.7 cm³/mol. The molecule has 0 radical (unpaired) electrons. The van der Waals surface area contributed by atoms with Crippen LogP contribution in [0.25, 0.3) is 0 Å². The first-order valence-electron chi connectivity index (χ1n) is 8.12. The van der Waals surface area contributed by atoms with E-state index < -0.39 is 0 Å². The van der Waals surface area contributed by atoms with E-state index in [0.29, 0.717) is 6.10 Å². The second-order valence-corrected chi connectivity index (χ2v) is 6.36. The molecule has 1 aromatic heterocycles. The molecule has 2 fully saturated rings. The summed E-state index contributed by atoms with van der Waals surface area (Å²) < 4.78 is 8.76. The SMILES string of the molecule is CCNCc1cnc(C)n1CC1CCC2(CCCC2)O1. The van der Waals surface area contributed by atoms with Gasteiger partial charge in [0.05, 0.1) is 23.9 Å². The van der Waals surface area contributed by atoms with Gasteiger partial charge in [-0.2, -0.15) is 0 Å². The largest absolute Gasteiger partial charge is 0.370 e. The van der Waals surface area contributed by atoms with Crippen LogP contribution in [0.15, 0.2) is 6.20 Å². The second kappa shape index (κ2) is 5.86. The first-order chi connectivity index (χ1) is 9.72. The molecule has 1 aliphatic heterocycles. The fraction of sp³-hybridized carbons (Fsp3) is 0.812. The van der Waals surface area contributed by atoms with E-state index in [1.807, 2.05) is 6.20 Å². The van der Waals surface area contributed by atoms with E-state index in [4.69, 9.17) is 4.74 Å². The van der Waals surface area contributed by atoms with Crippen molar-refractivity contribution in [2.75, 3.05) is 6.54 Å². The average molecular weight is 277 g/mol. The summed E-state index contributed by atoms with van der Waals surface area (Å²) in [6.07, 6.45) is 10.1. The topological polar surface area (TPSA) is 39.1 Å². The lowest BCUT2D eigenvalue weighted by Gasteiger charge is -2.24. The lowest BCUT2D eigenvalue weighted by atomic mass is 9.98. The Bertz CT molecular complexity index is 449. The highest BCUT2D eigenvalue weighted by Gasteiger charge is 2.42. The summed E-state index contributed by atoms with van der Waals surface area (Å²) in [5.41, 5.74) is 1.52. The Morgan fingerprint density at radius 3 is 2.95 bits per heavy atom. The monoisotopic (exact) mass is 277 g/mol. The summed E-state index contributed by atoms with van der Waals surface area (Å²) in [4.78, 5) is 4.47.